The molecule has 0 aliphatic heterocycles. The zero-order valence-corrected chi connectivity index (χ0v) is 12.4. The van der Waals surface area contributed by atoms with Gasteiger partial charge in [-0.25, -0.2) is 9.82 Å². The number of amides is 1. The molecule has 24 heavy (non-hydrogen) atoms. The Bertz CT molecular complexity index is 773. The molecule has 4 nitrogen and oxygen atoms in total. The summed E-state index contributed by atoms with van der Waals surface area (Å²) in [5.41, 5.74) is 1.08. The van der Waals surface area contributed by atoms with Crippen LogP contribution in [0.4, 0.5) is 17.6 Å². The highest BCUT2D eigenvalue weighted by molar-refractivity contribution is 5.97. The SMILES string of the molecule is COc1ccccc1C(=O)N/N=C/c1ccc(C(F)(F)F)cc1F. The number of carbonyl (C=O) groups is 1. The van der Waals surface area contributed by atoms with Gasteiger partial charge in [0.15, 0.2) is 0 Å². The smallest absolute Gasteiger partial charge is 0.416 e. The van der Waals surface area contributed by atoms with Crippen molar-refractivity contribution in [1.29, 1.82) is 0 Å². The molecule has 2 aromatic rings. The topological polar surface area (TPSA) is 50.7 Å². The number of methoxy groups -OCH3 is 1. The predicted octanol–water partition coefficient (Wildman–Crippen LogP) is 3.62. The van der Waals surface area contributed by atoms with Crippen molar-refractivity contribution in [2.45, 2.75) is 6.18 Å². The average Bonchev–Trinajstić information content (AvgIpc) is 2.55. The number of hydrazone groups is 1. The minimum atomic E-state index is -4.63. The maximum atomic E-state index is 13.6. The van der Waals surface area contributed by atoms with Gasteiger partial charge in [-0.15, -0.1) is 0 Å². The van der Waals surface area contributed by atoms with Crippen molar-refractivity contribution >= 4 is 12.1 Å². The number of nitrogens with one attached hydrogen (secondary N) is 1. The van der Waals surface area contributed by atoms with Crippen LogP contribution in [0, 0.1) is 5.82 Å². The molecule has 0 saturated heterocycles. The van der Waals surface area contributed by atoms with Gasteiger partial charge in [0.2, 0.25) is 0 Å². The van der Waals surface area contributed by atoms with Gasteiger partial charge in [0.05, 0.1) is 24.5 Å². The molecule has 1 amide bonds. The summed E-state index contributed by atoms with van der Waals surface area (Å²) in [5.74, 6) is -1.37. The molecule has 0 aliphatic carbocycles. The summed E-state index contributed by atoms with van der Waals surface area (Å²) in [6.07, 6.45) is -3.71. The Balaban J connectivity index is 2.10. The van der Waals surface area contributed by atoms with E-state index in [1.807, 2.05) is 0 Å². The molecule has 1 N–H and O–H groups in total. The fourth-order valence-electron chi connectivity index (χ4n) is 1.86. The van der Waals surface area contributed by atoms with Crippen LogP contribution in [0.1, 0.15) is 21.5 Å². The van der Waals surface area contributed by atoms with Gasteiger partial charge >= 0.3 is 6.18 Å². The molecular weight excluding hydrogens is 328 g/mol. The number of alkyl halides is 3. The van der Waals surface area contributed by atoms with Gasteiger partial charge in [-0.1, -0.05) is 12.1 Å². The number of hydrogen-bond donors (Lipinski definition) is 1. The number of hydrogen-bond acceptors (Lipinski definition) is 3. The molecule has 0 atom stereocenters. The summed E-state index contributed by atoms with van der Waals surface area (Å²) in [4.78, 5) is 11.9. The molecule has 0 saturated carbocycles. The maximum absolute atomic E-state index is 13.6. The van der Waals surface area contributed by atoms with E-state index in [9.17, 15) is 22.4 Å². The Kier molecular flexibility index (Phi) is 5.18. The standard InChI is InChI=1S/C16H12F4N2O2/c1-24-14-5-3-2-4-12(14)15(23)22-21-9-10-6-7-11(8-13(10)17)16(18,19)20/h2-9H,1H3,(H,22,23)/b21-9+. The van der Waals surface area contributed by atoms with E-state index in [-0.39, 0.29) is 11.1 Å². The molecule has 0 unspecified atom stereocenters. The molecule has 0 bridgehead atoms. The van der Waals surface area contributed by atoms with E-state index in [1.165, 1.54) is 13.2 Å². The van der Waals surface area contributed by atoms with Gasteiger partial charge in [0.1, 0.15) is 11.6 Å². The second-order valence-electron chi connectivity index (χ2n) is 4.63. The largest absolute Gasteiger partial charge is 0.496 e. The first-order valence-electron chi connectivity index (χ1n) is 6.66. The molecule has 0 heterocycles. The van der Waals surface area contributed by atoms with E-state index in [1.54, 1.807) is 18.2 Å². The van der Waals surface area contributed by atoms with Gasteiger partial charge in [0, 0.05) is 5.56 Å². The lowest BCUT2D eigenvalue weighted by Crippen LogP contribution is -2.18. The monoisotopic (exact) mass is 340 g/mol. The number of nitrogens with zero attached hydrogens (tertiary/aromatic N) is 1. The molecule has 0 fully saturated rings. The highest BCUT2D eigenvalue weighted by Crippen LogP contribution is 2.29. The van der Waals surface area contributed by atoms with E-state index in [0.29, 0.717) is 11.8 Å². The van der Waals surface area contributed by atoms with E-state index in [0.717, 1.165) is 18.3 Å². The van der Waals surface area contributed by atoms with Crippen molar-refractivity contribution in [3.05, 3.63) is 65.0 Å². The van der Waals surface area contributed by atoms with Gasteiger partial charge in [-0.05, 0) is 30.3 Å². The molecular formula is C16H12F4N2O2. The molecule has 2 rings (SSSR count). The molecule has 126 valence electrons. The Morgan fingerprint density at radius 3 is 2.54 bits per heavy atom. The normalized spacial score (nSPS) is 11.5. The van der Waals surface area contributed by atoms with Crippen molar-refractivity contribution < 1.29 is 27.1 Å². The number of ether oxygens (including phenoxy) is 1. The minimum Gasteiger partial charge on any atom is -0.496 e. The fraction of sp³-hybridized carbons (Fsp3) is 0.125. The molecule has 0 spiro atoms. The highest BCUT2D eigenvalue weighted by atomic mass is 19.4. The summed E-state index contributed by atoms with van der Waals surface area (Å²) in [5, 5.41) is 3.54. The maximum Gasteiger partial charge on any atom is 0.416 e. The molecule has 0 aliphatic rings. The lowest BCUT2D eigenvalue weighted by atomic mass is 10.1. The molecule has 8 heteroatoms. The van der Waals surface area contributed by atoms with E-state index >= 15 is 0 Å². The fourth-order valence-corrected chi connectivity index (χ4v) is 1.86. The number of carbonyl (C=O) groups excluding carboxylic acids is 1. The second-order valence-corrected chi connectivity index (χ2v) is 4.63. The Morgan fingerprint density at radius 1 is 1.21 bits per heavy atom. The van der Waals surface area contributed by atoms with Crippen LogP contribution in [0.25, 0.3) is 0 Å². The quantitative estimate of drug-likeness (QED) is 0.525. The third-order valence-electron chi connectivity index (χ3n) is 3.05. The summed E-state index contributed by atoms with van der Waals surface area (Å²) < 4.78 is 56.0. The molecule has 0 radical (unpaired) electrons. The van der Waals surface area contributed by atoms with Gasteiger partial charge in [0.25, 0.3) is 5.91 Å². The third-order valence-corrected chi connectivity index (χ3v) is 3.05. The van der Waals surface area contributed by atoms with Gasteiger partial charge in [-0.2, -0.15) is 18.3 Å². The van der Waals surface area contributed by atoms with Crippen LogP contribution in [0.3, 0.4) is 0 Å². The Labute approximate surface area is 134 Å². The molecule has 0 aromatic heterocycles. The number of para-hydroxylation sites is 1. The summed E-state index contributed by atoms with van der Waals surface area (Å²) in [6.45, 7) is 0. The second kappa shape index (κ2) is 7.12. The van der Waals surface area contributed by atoms with E-state index < -0.39 is 23.5 Å². The molecule has 2 aromatic carbocycles. The van der Waals surface area contributed by atoms with Crippen LogP contribution in [-0.2, 0) is 6.18 Å². The first-order chi connectivity index (χ1) is 11.3. The number of rotatable bonds is 4. The first kappa shape index (κ1) is 17.5. The van der Waals surface area contributed by atoms with Crippen LogP contribution >= 0.6 is 0 Å². The minimum absolute atomic E-state index is 0.191. The van der Waals surface area contributed by atoms with Gasteiger partial charge in [-0.3, -0.25) is 4.79 Å². The Morgan fingerprint density at radius 2 is 1.92 bits per heavy atom. The third kappa shape index (κ3) is 4.09. The summed E-state index contributed by atoms with van der Waals surface area (Å²) in [6, 6.07) is 8.40. The van der Waals surface area contributed by atoms with E-state index in [2.05, 4.69) is 10.5 Å². The van der Waals surface area contributed by atoms with Crippen LogP contribution in [0.2, 0.25) is 0 Å². The van der Waals surface area contributed by atoms with Crippen molar-refractivity contribution in [3.63, 3.8) is 0 Å². The van der Waals surface area contributed by atoms with Crippen LogP contribution in [0.15, 0.2) is 47.6 Å². The Hall–Kier alpha value is -2.90. The highest BCUT2D eigenvalue weighted by Gasteiger charge is 2.31. The van der Waals surface area contributed by atoms with E-state index in [4.69, 9.17) is 4.74 Å². The average molecular weight is 340 g/mol. The lowest BCUT2D eigenvalue weighted by molar-refractivity contribution is -0.137. The van der Waals surface area contributed by atoms with Crippen molar-refractivity contribution in [1.82, 2.24) is 5.43 Å². The number of benzene rings is 2. The predicted molar refractivity (Wildman–Crippen MR) is 79.5 cm³/mol. The summed E-state index contributed by atoms with van der Waals surface area (Å²) in [7, 11) is 1.40. The van der Waals surface area contributed by atoms with Crippen LogP contribution < -0.4 is 10.2 Å². The lowest BCUT2D eigenvalue weighted by Gasteiger charge is -2.07. The van der Waals surface area contributed by atoms with Gasteiger partial charge < -0.3 is 4.74 Å². The zero-order chi connectivity index (χ0) is 17.7. The van der Waals surface area contributed by atoms with Crippen molar-refractivity contribution in [2.24, 2.45) is 5.10 Å². The van der Waals surface area contributed by atoms with Crippen LogP contribution in [-0.4, -0.2) is 19.2 Å². The van der Waals surface area contributed by atoms with Crippen molar-refractivity contribution in [3.8, 4) is 5.75 Å². The zero-order valence-electron chi connectivity index (χ0n) is 12.4. The van der Waals surface area contributed by atoms with Crippen molar-refractivity contribution in [2.75, 3.05) is 7.11 Å². The first-order valence-corrected chi connectivity index (χ1v) is 6.66. The number of halogens is 4. The summed E-state index contributed by atoms with van der Waals surface area (Å²) >= 11 is 0. The van der Waals surface area contributed by atoms with Crippen LogP contribution in [0.5, 0.6) is 5.75 Å².